The van der Waals surface area contributed by atoms with Gasteiger partial charge in [0.2, 0.25) is 11.8 Å². The maximum absolute atomic E-state index is 14.3. The van der Waals surface area contributed by atoms with Crippen molar-refractivity contribution in [3.8, 4) is 10.6 Å². The first kappa shape index (κ1) is 19.6. The minimum absolute atomic E-state index is 0.138. The molecule has 0 aliphatic carbocycles. The number of benzene rings is 1. The molecule has 1 fully saturated rings. The first-order valence-corrected chi connectivity index (χ1v) is 10.1. The topological polar surface area (TPSA) is 74.0 Å². The maximum atomic E-state index is 14.3. The molecule has 150 valence electrons. The lowest BCUT2D eigenvalue weighted by Crippen LogP contribution is -2.39. The van der Waals surface area contributed by atoms with Crippen molar-refractivity contribution in [3.63, 3.8) is 0 Å². The standard InChI is InChI=1S/C20H16ClF2N3O2S/c1-9-6-15(29-19(9)21)18-11(12-7-10(22)8-13(23)17(12)26-18)2-3-16(27)25-14-4-5-24-20(14)28/h2-3,6-8,14,26H,4-5H2,1H3,(H,24,28)(H,25,27)/t14-/m0/s1. The predicted octanol–water partition coefficient (Wildman–Crippen LogP) is 4.15. The van der Waals surface area contributed by atoms with Gasteiger partial charge in [-0.2, -0.15) is 0 Å². The van der Waals surface area contributed by atoms with Crippen molar-refractivity contribution in [2.24, 2.45) is 0 Å². The van der Waals surface area contributed by atoms with E-state index < -0.39 is 23.6 Å². The van der Waals surface area contributed by atoms with Crippen LogP contribution in [-0.4, -0.2) is 29.4 Å². The molecule has 0 saturated carbocycles. The zero-order chi connectivity index (χ0) is 20.7. The molecule has 2 amide bonds. The lowest BCUT2D eigenvalue weighted by atomic mass is 10.1. The van der Waals surface area contributed by atoms with E-state index in [1.54, 1.807) is 0 Å². The fourth-order valence-electron chi connectivity index (χ4n) is 3.30. The fraction of sp³-hybridized carbons (Fsp3) is 0.200. The highest BCUT2D eigenvalue weighted by atomic mass is 35.5. The number of amides is 2. The van der Waals surface area contributed by atoms with Crippen LogP contribution in [0.15, 0.2) is 24.3 Å². The third kappa shape index (κ3) is 3.77. The largest absolute Gasteiger partial charge is 0.354 e. The fourth-order valence-corrected chi connectivity index (χ4v) is 4.52. The zero-order valence-corrected chi connectivity index (χ0v) is 16.8. The number of hydrogen-bond donors (Lipinski definition) is 3. The second kappa shape index (κ2) is 7.61. The highest BCUT2D eigenvalue weighted by molar-refractivity contribution is 7.19. The van der Waals surface area contributed by atoms with Crippen LogP contribution < -0.4 is 10.6 Å². The summed E-state index contributed by atoms with van der Waals surface area (Å²) in [5.74, 6) is -2.15. The molecular formula is C20H16ClF2N3O2S. The molecule has 1 aromatic carbocycles. The normalized spacial score (nSPS) is 16.7. The molecule has 1 saturated heterocycles. The third-order valence-corrected chi connectivity index (χ3v) is 6.31. The summed E-state index contributed by atoms with van der Waals surface area (Å²) in [6.07, 6.45) is 3.25. The number of aromatic nitrogens is 1. The van der Waals surface area contributed by atoms with Crippen LogP contribution in [0.5, 0.6) is 0 Å². The Morgan fingerprint density at radius 3 is 2.79 bits per heavy atom. The molecule has 1 aliphatic heterocycles. The number of rotatable bonds is 4. The molecule has 5 nitrogen and oxygen atoms in total. The molecule has 3 aromatic rings. The molecule has 0 bridgehead atoms. The lowest BCUT2D eigenvalue weighted by molar-refractivity contribution is -0.125. The zero-order valence-electron chi connectivity index (χ0n) is 15.2. The van der Waals surface area contributed by atoms with Crippen LogP contribution in [0, 0.1) is 18.6 Å². The minimum Gasteiger partial charge on any atom is -0.354 e. The minimum atomic E-state index is -0.729. The van der Waals surface area contributed by atoms with Gasteiger partial charge in [0.15, 0.2) is 0 Å². The average Bonchev–Trinajstić information content (AvgIpc) is 3.32. The average molecular weight is 436 g/mol. The van der Waals surface area contributed by atoms with E-state index >= 15 is 0 Å². The molecule has 2 aromatic heterocycles. The number of fused-ring (bicyclic) bond motifs is 1. The number of carbonyl (C=O) groups excluding carboxylic acids is 2. The van der Waals surface area contributed by atoms with Gasteiger partial charge in [0, 0.05) is 29.6 Å². The number of nitrogens with one attached hydrogen (secondary N) is 3. The molecule has 29 heavy (non-hydrogen) atoms. The quantitative estimate of drug-likeness (QED) is 0.538. The number of halogens is 3. The number of hydrogen-bond acceptors (Lipinski definition) is 3. The van der Waals surface area contributed by atoms with E-state index in [4.69, 9.17) is 11.6 Å². The van der Waals surface area contributed by atoms with Crippen LogP contribution in [0.3, 0.4) is 0 Å². The van der Waals surface area contributed by atoms with Gasteiger partial charge in [-0.1, -0.05) is 11.6 Å². The van der Waals surface area contributed by atoms with E-state index in [0.29, 0.717) is 33.9 Å². The first-order valence-electron chi connectivity index (χ1n) is 8.87. The maximum Gasteiger partial charge on any atom is 0.244 e. The van der Waals surface area contributed by atoms with Crippen LogP contribution >= 0.6 is 22.9 Å². The van der Waals surface area contributed by atoms with Crippen molar-refractivity contribution in [2.45, 2.75) is 19.4 Å². The summed E-state index contributed by atoms with van der Waals surface area (Å²) in [5.41, 5.74) is 1.99. The second-order valence-corrected chi connectivity index (χ2v) is 8.42. The number of aryl methyl sites for hydroxylation is 1. The van der Waals surface area contributed by atoms with Gasteiger partial charge in [0.1, 0.15) is 17.7 Å². The number of aromatic amines is 1. The summed E-state index contributed by atoms with van der Waals surface area (Å²) >= 11 is 7.47. The highest BCUT2D eigenvalue weighted by Crippen LogP contribution is 2.39. The number of H-pyrrole nitrogens is 1. The SMILES string of the molecule is Cc1cc(-c2[nH]c3c(F)cc(F)cc3c2C=CC(=O)N[C@H]2CCNC2=O)sc1Cl. The van der Waals surface area contributed by atoms with E-state index in [9.17, 15) is 18.4 Å². The summed E-state index contributed by atoms with van der Waals surface area (Å²) in [5, 5.41) is 5.57. The summed E-state index contributed by atoms with van der Waals surface area (Å²) < 4.78 is 28.7. The number of carbonyl (C=O) groups is 2. The van der Waals surface area contributed by atoms with E-state index in [0.717, 1.165) is 16.5 Å². The Morgan fingerprint density at radius 1 is 1.34 bits per heavy atom. The van der Waals surface area contributed by atoms with E-state index in [2.05, 4.69) is 15.6 Å². The van der Waals surface area contributed by atoms with Crippen LogP contribution in [0.1, 0.15) is 17.5 Å². The Bertz CT molecular complexity index is 1150. The smallest absolute Gasteiger partial charge is 0.244 e. The van der Waals surface area contributed by atoms with Crippen molar-refractivity contribution < 1.29 is 18.4 Å². The van der Waals surface area contributed by atoms with Gasteiger partial charge in [-0.05, 0) is 37.1 Å². The van der Waals surface area contributed by atoms with Crippen molar-refractivity contribution in [1.29, 1.82) is 0 Å². The van der Waals surface area contributed by atoms with Crippen LogP contribution in [0.2, 0.25) is 4.34 Å². The second-order valence-electron chi connectivity index (χ2n) is 6.77. The van der Waals surface area contributed by atoms with E-state index in [1.165, 1.54) is 29.6 Å². The number of thiophene rings is 1. The molecule has 3 N–H and O–H groups in total. The van der Waals surface area contributed by atoms with Crippen LogP contribution in [-0.2, 0) is 9.59 Å². The van der Waals surface area contributed by atoms with Gasteiger partial charge in [0.05, 0.1) is 20.4 Å². The predicted molar refractivity (Wildman–Crippen MR) is 110 cm³/mol. The molecule has 0 spiro atoms. The summed E-state index contributed by atoms with van der Waals surface area (Å²) in [6, 6.07) is 3.27. The molecule has 0 radical (unpaired) electrons. The van der Waals surface area contributed by atoms with Crippen molar-refractivity contribution in [2.75, 3.05) is 6.54 Å². The van der Waals surface area contributed by atoms with Gasteiger partial charge in [-0.25, -0.2) is 8.78 Å². The van der Waals surface area contributed by atoms with Gasteiger partial charge in [0.25, 0.3) is 0 Å². The Morgan fingerprint density at radius 2 is 2.14 bits per heavy atom. The first-order chi connectivity index (χ1) is 13.8. The van der Waals surface area contributed by atoms with Crippen molar-refractivity contribution in [3.05, 3.63) is 51.4 Å². The molecule has 1 atom stereocenters. The van der Waals surface area contributed by atoms with Crippen LogP contribution in [0.4, 0.5) is 8.78 Å². The summed E-state index contributed by atoms with van der Waals surface area (Å²) in [7, 11) is 0. The molecule has 9 heteroatoms. The van der Waals surface area contributed by atoms with Crippen molar-refractivity contribution >= 4 is 51.7 Å². The molecular weight excluding hydrogens is 420 g/mol. The van der Waals surface area contributed by atoms with Crippen molar-refractivity contribution in [1.82, 2.24) is 15.6 Å². The summed E-state index contributed by atoms with van der Waals surface area (Å²) in [6.45, 7) is 2.36. The molecule has 0 unspecified atom stereocenters. The van der Waals surface area contributed by atoms with E-state index in [-0.39, 0.29) is 11.4 Å². The lowest BCUT2D eigenvalue weighted by Gasteiger charge is -2.07. The molecule has 1 aliphatic rings. The van der Waals surface area contributed by atoms with Crippen LogP contribution in [0.25, 0.3) is 27.6 Å². The van der Waals surface area contributed by atoms with Gasteiger partial charge >= 0.3 is 0 Å². The summed E-state index contributed by atoms with van der Waals surface area (Å²) in [4.78, 5) is 27.6. The Labute approximate surface area is 173 Å². The molecule has 3 heterocycles. The van der Waals surface area contributed by atoms with Gasteiger partial charge in [-0.3, -0.25) is 9.59 Å². The van der Waals surface area contributed by atoms with Gasteiger partial charge < -0.3 is 15.6 Å². The van der Waals surface area contributed by atoms with E-state index in [1.807, 2.05) is 13.0 Å². The molecule has 4 rings (SSSR count). The highest BCUT2D eigenvalue weighted by Gasteiger charge is 2.25. The Hall–Kier alpha value is -2.71. The monoisotopic (exact) mass is 435 g/mol. The van der Waals surface area contributed by atoms with Gasteiger partial charge in [-0.15, -0.1) is 11.3 Å². The Kier molecular flexibility index (Phi) is 5.14. The third-order valence-electron chi connectivity index (χ3n) is 4.73. The Balaban J connectivity index is 1.75.